The maximum Gasteiger partial charge on any atom is 0.322 e. The van der Waals surface area contributed by atoms with Crippen molar-refractivity contribution in [3.05, 3.63) is 53.6 Å². The predicted octanol–water partition coefficient (Wildman–Crippen LogP) is 2.88. The van der Waals surface area contributed by atoms with Crippen molar-refractivity contribution in [2.75, 3.05) is 17.6 Å². The standard InChI is InChI=1S/C18H19NO5S/c20-15-6-5-11(7-17(15)22)12(10-25)8-16(21)13-3-1-2-4-14(13)19-9-18(23)24/h1-7,12,19-20,22,25H,8-10H2,(H,23,24). The molecule has 0 radical (unpaired) electrons. The van der Waals surface area contributed by atoms with Crippen molar-refractivity contribution in [2.45, 2.75) is 12.3 Å². The number of phenolic OH excluding ortho intramolecular Hbond substituents is 2. The lowest BCUT2D eigenvalue weighted by Gasteiger charge is -2.16. The van der Waals surface area contributed by atoms with Gasteiger partial charge in [-0.05, 0) is 35.6 Å². The smallest absolute Gasteiger partial charge is 0.322 e. The van der Waals surface area contributed by atoms with Crippen molar-refractivity contribution >= 4 is 30.1 Å². The number of carbonyl (C=O) groups excluding carboxylic acids is 1. The molecule has 0 aliphatic rings. The number of aliphatic carboxylic acids is 1. The number of rotatable bonds is 8. The highest BCUT2D eigenvalue weighted by atomic mass is 32.1. The second-order valence-corrected chi connectivity index (χ2v) is 5.91. The highest BCUT2D eigenvalue weighted by Gasteiger charge is 2.19. The first-order chi connectivity index (χ1) is 11.9. The summed E-state index contributed by atoms with van der Waals surface area (Å²) in [6.07, 6.45) is 0.138. The van der Waals surface area contributed by atoms with E-state index in [0.29, 0.717) is 22.6 Å². The van der Waals surface area contributed by atoms with E-state index >= 15 is 0 Å². The Kier molecular flexibility index (Phi) is 6.30. The number of carboxylic acids is 1. The summed E-state index contributed by atoms with van der Waals surface area (Å²) in [5.41, 5.74) is 1.55. The van der Waals surface area contributed by atoms with E-state index < -0.39 is 5.97 Å². The number of ketones is 1. The van der Waals surface area contributed by atoms with Gasteiger partial charge in [-0.15, -0.1) is 0 Å². The summed E-state index contributed by atoms with van der Waals surface area (Å²) in [5, 5.41) is 30.6. The Morgan fingerprint density at radius 2 is 1.80 bits per heavy atom. The Morgan fingerprint density at radius 3 is 2.44 bits per heavy atom. The van der Waals surface area contributed by atoms with E-state index in [-0.39, 0.29) is 36.2 Å². The molecule has 1 unspecified atom stereocenters. The molecule has 0 saturated carbocycles. The third-order valence-electron chi connectivity index (χ3n) is 3.78. The van der Waals surface area contributed by atoms with Crippen LogP contribution in [0.15, 0.2) is 42.5 Å². The third kappa shape index (κ3) is 4.90. The van der Waals surface area contributed by atoms with Crippen LogP contribution in [0.3, 0.4) is 0 Å². The first kappa shape index (κ1) is 18.7. The number of nitrogens with one attached hydrogen (secondary N) is 1. The summed E-state index contributed by atoms with van der Waals surface area (Å²) in [4.78, 5) is 23.4. The van der Waals surface area contributed by atoms with Crippen LogP contribution in [0.4, 0.5) is 5.69 Å². The van der Waals surface area contributed by atoms with Crippen molar-refractivity contribution in [2.24, 2.45) is 0 Å². The minimum absolute atomic E-state index is 0.138. The van der Waals surface area contributed by atoms with E-state index in [1.54, 1.807) is 30.3 Å². The average molecular weight is 361 g/mol. The molecule has 0 spiro atoms. The summed E-state index contributed by atoms with van der Waals surface area (Å²) in [5.74, 6) is -1.54. The van der Waals surface area contributed by atoms with E-state index in [9.17, 15) is 19.8 Å². The number of phenols is 2. The van der Waals surface area contributed by atoms with Gasteiger partial charge in [-0.2, -0.15) is 12.6 Å². The molecule has 132 valence electrons. The van der Waals surface area contributed by atoms with E-state index in [0.717, 1.165) is 0 Å². The molecule has 0 aliphatic heterocycles. The summed E-state index contributed by atoms with van der Waals surface area (Å²) in [6, 6.07) is 11.1. The summed E-state index contributed by atoms with van der Waals surface area (Å²) >= 11 is 4.28. The Labute approximate surface area is 150 Å². The van der Waals surface area contributed by atoms with Crippen molar-refractivity contribution in [3.63, 3.8) is 0 Å². The number of thiol groups is 1. The topological polar surface area (TPSA) is 107 Å². The van der Waals surface area contributed by atoms with E-state index in [1.165, 1.54) is 12.1 Å². The lowest BCUT2D eigenvalue weighted by Crippen LogP contribution is -2.16. The Hall–Kier alpha value is -2.67. The summed E-state index contributed by atoms with van der Waals surface area (Å²) < 4.78 is 0. The van der Waals surface area contributed by atoms with Gasteiger partial charge in [0, 0.05) is 23.6 Å². The zero-order valence-electron chi connectivity index (χ0n) is 13.3. The van der Waals surface area contributed by atoms with Crippen LogP contribution >= 0.6 is 12.6 Å². The second-order valence-electron chi connectivity index (χ2n) is 5.55. The number of hydrogen-bond donors (Lipinski definition) is 5. The van der Waals surface area contributed by atoms with Crippen molar-refractivity contribution in [3.8, 4) is 11.5 Å². The van der Waals surface area contributed by atoms with Crippen LogP contribution < -0.4 is 5.32 Å². The van der Waals surface area contributed by atoms with E-state index in [2.05, 4.69) is 17.9 Å². The molecule has 0 aliphatic carbocycles. The van der Waals surface area contributed by atoms with Gasteiger partial charge >= 0.3 is 5.97 Å². The number of carboxylic acid groups (broad SMARTS) is 1. The van der Waals surface area contributed by atoms with Gasteiger partial charge in [-0.1, -0.05) is 18.2 Å². The molecule has 2 aromatic carbocycles. The second kappa shape index (κ2) is 8.43. The minimum atomic E-state index is -1.02. The molecular weight excluding hydrogens is 342 g/mol. The van der Waals surface area contributed by atoms with Crippen molar-refractivity contribution < 1.29 is 24.9 Å². The van der Waals surface area contributed by atoms with Crippen LogP contribution in [0.2, 0.25) is 0 Å². The maximum atomic E-state index is 12.7. The van der Waals surface area contributed by atoms with Crippen LogP contribution in [-0.2, 0) is 4.79 Å². The molecule has 4 N–H and O–H groups in total. The fourth-order valence-electron chi connectivity index (χ4n) is 2.47. The zero-order chi connectivity index (χ0) is 18.4. The molecule has 0 saturated heterocycles. The van der Waals surface area contributed by atoms with Crippen LogP contribution in [0.25, 0.3) is 0 Å². The van der Waals surface area contributed by atoms with Gasteiger partial charge < -0.3 is 20.6 Å². The Bertz CT molecular complexity index is 778. The number of benzene rings is 2. The molecule has 0 fully saturated rings. The lowest BCUT2D eigenvalue weighted by molar-refractivity contribution is -0.134. The lowest BCUT2D eigenvalue weighted by atomic mass is 9.92. The van der Waals surface area contributed by atoms with Crippen molar-refractivity contribution in [1.82, 2.24) is 0 Å². The Balaban J connectivity index is 2.19. The summed E-state index contributed by atoms with van der Waals surface area (Å²) in [7, 11) is 0. The number of hydrogen-bond acceptors (Lipinski definition) is 6. The minimum Gasteiger partial charge on any atom is -0.504 e. The molecule has 2 rings (SSSR count). The average Bonchev–Trinajstić information content (AvgIpc) is 2.60. The predicted molar refractivity (Wildman–Crippen MR) is 97.9 cm³/mol. The fourth-order valence-corrected chi connectivity index (χ4v) is 2.81. The first-order valence-corrected chi connectivity index (χ1v) is 8.26. The van der Waals surface area contributed by atoms with Gasteiger partial charge in [0.2, 0.25) is 0 Å². The first-order valence-electron chi connectivity index (χ1n) is 7.63. The fraction of sp³-hybridized carbons (Fsp3) is 0.222. The SMILES string of the molecule is O=C(O)CNc1ccccc1C(=O)CC(CS)c1ccc(O)c(O)c1. The molecule has 0 aromatic heterocycles. The largest absolute Gasteiger partial charge is 0.504 e. The molecular formula is C18H19NO5S. The molecule has 2 aromatic rings. The monoisotopic (exact) mass is 361 g/mol. The number of Topliss-reactive ketones (excluding diaryl/α,β-unsaturated/α-hetero) is 1. The van der Waals surface area contributed by atoms with Gasteiger partial charge in [0.05, 0.1) is 0 Å². The number of carbonyl (C=O) groups is 2. The molecule has 0 bridgehead atoms. The van der Waals surface area contributed by atoms with E-state index in [1.807, 2.05) is 0 Å². The highest BCUT2D eigenvalue weighted by molar-refractivity contribution is 7.80. The van der Waals surface area contributed by atoms with Gasteiger partial charge in [0.25, 0.3) is 0 Å². The van der Waals surface area contributed by atoms with Crippen molar-refractivity contribution in [1.29, 1.82) is 0 Å². The summed E-state index contributed by atoms with van der Waals surface area (Å²) in [6.45, 7) is -0.286. The molecule has 0 amide bonds. The van der Waals surface area contributed by atoms with Gasteiger partial charge in [-0.3, -0.25) is 9.59 Å². The van der Waals surface area contributed by atoms with Crippen LogP contribution in [0.5, 0.6) is 11.5 Å². The Morgan fingerprint density at radius 1 is 1.08 bits per heavy atom. The van der Waals surface area contributed by atoms with Crippen LogP contribution in [0.1, 0.15) is 28.3 Å². The normalized spacial score (nSPS) is 11.7. The van der Waals surface area contributed by atoms with Gasteiger partial charge in [0.1, 0.15) is 6.54 Å². The molecule has 25 heavy (non-hydrogen) atoms. The van der Waals surface area contributed by atoms with Crippen LogP contribution in [0, 0.1) is 0 Å². The van der Waals surface area contributed by atoms with Gasteiger partial charge in [-0.25, -0.2) is 0 Å². The number of anilines is 1. The zero-order valence-corrected chi connectivity index (χ0v) is 14.2. The highest BCUT2D eigenvalue weighted by Crippen LogP contribution is 2.32. The quantitative estimate of drug-likeness (QED) is 0.281. The molecule has 7 heteroatoms. The van der Waals surface area contributed by atoms with Gasteiger partial charge in [0.15, 0.2) is 17.3 Å². The maximum absolute atomic E-state index is 12.7. The third-order valence-corrected chi connectivity index (χ3v) is 4.22. The number of aromatic hydroxyl groups is 2. The van der Waals surface area contributed by atoms with E-state index in [4.69, 9.17) is 5.11 Å². The number of para-hydroxylation sites is 1. The molecule has 0 heterocycles. The van der Waals surface area contributed by atoms with Crippen LogP contribution in [-0.4, -0.2) is 39.4 Å². The molecule has 1 atom stereocenters. The molecule has 6 nitrogen and oxygen atoms in total.